The van der Waals surface area contributed by atoms with E-state index in [1.807, 2.05) is 41.3 Å². The lowest BCUT2D eigenvalue weighted by atomic mass is 9.97. The van der Waals surface area contributed by atoms with Crippen molar-refractivity contribution in [3.63, 3.8) is 0 Å². The molecule has 2 aromatic carbocycles. The molecular weight excluding hydrogens is 421 g/mol. The number of piperazine rings is 1. The van der Waals surface area contributed by atoms with Gasteiger partial charge in [-0.15, -0.1) is 0 Å². The van der Waals surface area contributed by atoms with Gasteiger partial charge in [0.05, 0.1) is 15.6 Å². The molecule has 1 aliphatic heterocycles. The number of pyridine rings is 1. The number of carbonyl (C=O) groups is 1. The SMILES string of the molecule is CC(C)C1CN(C(=O)c2cc(=O)[nH]c3ccccc23)CCN1c1ccc(Cl)c(Cl)c1. The van der Waals surface area contributed by atoms with E-state index >= 15 is 0 Å². The van der Waals surface area contributed by atoms with Crippen molar-refractivity contribution in [1.82, 2.24) is 9.88 Å². The second-order valence-electron chi connectivity index (χ2n) is 7.95. The second kappa shape index (κ2) is 8.32. The number of anilines is 1. The highest BCUT2D eigenvalue weighted by Gasteiger charge is 2.32. The van der Waals surface area contributed by atoms with E-state index in [0.717, 1.165) is 11.1 Å². The van der Waals surface area contributed by atoms with Crippen LogP contribution < -0.4 is 10.5 Å². The van der Waals surface area contributed by atoms with Gasteiger partial charge in [-0.25, -0.2) is 0 Å². The highest BCUT2D eigenvalue weighted by Crippen LogP contribution is 2.31. The molecule has 1 aliphatic rings. The Kier molecular flexibility index (Phi) is 5.76. The van der Waals surface area contributed by atoms with E-state index in [4.69, 9.17) is 23.2 Å². The third kappa shape index (κ3) is 3.92. The largest absolute Gasteiger partial charge is 0.365 e. The number of amides is 1. The van der Waals surface area contributed by atoms with Crippen LogP contribution in [0.15, 0.2) is 53.3 Å². The maximum atomic E-state index is 13.4. The van der Waals surface area contributed by atoms with Crippen LogP contribution in [0.5, 0.6) is 0 Å². The van der Waals surface area contributed by atoms with Gasteiger partial charge in [0, 0.05) is 48.3 Å². The maximum Gasteiger partial charge on any atom is 0.254 e. The zero-order valence-corrected chi connectivity index (χ0v) is 18.4. The standard InChI is InChI=1S/C23H23Cl2N3O2/c1-14(2)21-13-27(9-10-28(21)15-7-8-18(24)19(25)11-15)23(30)17-12-22(29)26-20-6-4-3-5-16(17)20/h3-8,11-12,14,21H,9-10,13H2,1-2H3,(H,26,29). The van der Waals surface area contributed by atoms with E-state index in [-0.39, 0.29) is 17.5 Å². The number of nitrogens with zero attached hydrogens (tertiary/aromatic N) is 2. The summed E-state index contributed by atoms with van der Waals surface area (Å²) in [7, 11) is 0. The number of carbonyl (C=O) groups excluding carboxylic acids is 1. The van der Waals surface area contributed by atoms with Crippen molar-refractivity contribution in [3.8, 4) is 0 Å². The summed E-state index contributed by atoms with van der Waals surface area (Å²) in [5.41, 5.74) is 1.84. The number of H-pyrrole nitrogens is 1. The average Bonchev–Trinajstić information content (AvgIpc) is 2.74. The molecule has 1 aromatic heterocycles. The molecule has 2 heterocycles. The van der Waals surface area contributed by atoms with Crippen molar-refractivity contribution in [2.75, 3.05) is 24.5 Å². The highest BCUT2D eigenvalue weighted by molar-refractivity contribution is 6.42. The molecule has 3 aromatic rings. The number of halogens is 2. The van der Waals surface area contributed by atoms with Crippen LogP contribution in [-0.2, 0) is 0 Å². The van der Waals surface area contributed by atoms with Crippen LogP contribution in [0, 0.1) is 5.92 Å². The predicted octanol–water partition coefficient (Wildman–Crippen LogP) is 4.82. The molecule has 7 heteroatoms. The summed E-state index contributed by atoms with van der Waals surface area (Å²) in [5.74, 6) is 0.197. The van der Waals surface area contributed by atoms with Crippen LogP contribution in [0.3, 0.4) is 0 Å². The van der Waals surface area contributed by atoms with Gasteiger partial charge in [-0.05, 0) is 30.2 Å². The molecular formula is C23H23Cl2N3O2. The number of fused-ring (bicyclic) bond motifs is 1. The number of rotatable bonds is 3. The molecule has 1 N–H and O–H groups in total. The van der Waals surface area contributed by atoms with Crippen LogP contribution in [0.2, 0.25) is 10.0 Å². The molecule has 0 aliphatic carbocycles. The van der Waals surface area contributed by atoms with Crippen LogP contribution >= 0.6 is 23.2 Å². The number of aromatic amines is 1. The van der Waals surface area contributed by atoms with Crippen molar-refractivity contribution in [2.45, 2.75) is 19.9 Å². The maximum absolute atomic E-state index is 13.4. The van der Waals surface area contributed by atoms with E-state index in [9.17, 15) is 9.59 Å². The Morgan fingerprint density at radius 1 is 1.07 bits per heavy atom. The quantitative estimate of drug-likeness (QED) is 0.630. The minimum absolute atomic E-state index is 0.114. The van der Waals surface area contributed by atoms with E-state index in [2.05, 4.69) is 23.7 Å². The molecule has 0 spiro atoms. The summed E-state index contributed by atoms with van der Waals surface area (Å²) in [6.07, 6.45) is 0. The fraction of sp³-hybridized carbons (Fsp3) is 0.304. The van der Waals surface area contributed by atoms with E-state index in [0.29, 0.717) is 46.7 Å². The first-order valence-corrected chi connectivity index (χ1v) is 10.7. The Morgan fingerprint density at radius 3 is 2.57 bits per heavy atom. The minimum Gasteiger partial charge on any atom is -0.365 e. The molecule has 0 saturated carbocycles. The van der Waals surface area contributed by atoms with Gasteiger partial charge in [0.15, 0.2) is 0 Å². The lowest BCUT2D eigenvalue weighted by molar-refractivity contribution is 0.0710. The van der Waals surface area contributed by atoms with E-state index in [1.165, 1.54) is 6.07 Å². The molecule has 30 heavy (non-hydrogen) atoms. The summed E-state index contributed by atoms with van der Waals surface area (Å²) < 4.78 is 0. The molecule has 0 bridgehead atoms. The first-order valence-electron chi connectivity index (χ1n) is 9.98. The Hall–Kier alpha value is -2.50. The zero-order chi connectivity index (χ0) is 21.4. The highest BCUT2D eigenvalue weighted by atomic mass is 35.5. The Balaban J connectivity index is 1.64. The van der Waals surface area contributed by atoms with Gasteiger partial charge in [0.2, 0.25) is 5.56 Å². The van der Waals surface area contributed by atoms with Crippen LogP contribution in [0.4, 0.5) is 5.69 Å². The lowest BCUT2D eigenvalue weighted by Crippen LogP contribution is -2.57. The Labute approximate surface area is 185 Å². The summed E-state index contributed by atoms with van der Waals surface area (Å²) >= 11 is 12.3. The lowest BCUT2D eigenvalue weighted by Gasteiger charge is -2.45. The number of nitrogens with one attached hydrogen (secondary N) is 1. The molecule has 1 amide bonds. The second-order valence-corrected chi connectivity index (χ2v) is 8.76. The van der Waals surface area contributed by atoms with Gasteiger partial charge in [0.25, 0.3) is 5.91 Å². The first kappa shape index (κ1) is 20.8. The van der Waals surface area contributed by atoms with Crippen molar-refractivity contribution < 1.29 is 4.79 Å². The van der Waals surface area contributed by atoms with Gasteiger partial charge >= 0.3 is 0 Å². The average molecular weight is 444 g/mol. The number of para-hydroxylation sites is 1. The Bertz CT molecular complexity index is 1160. The summed E-state index contributed by atoms with van der Waals surface area (Å²) in [6.45, 7) is 6.09. The molecule has 1 atom stereocenters. The summed E-state index contributed by atoms with van der Waals surface area (Å²) in [4.78, 5) is 32.4. The molecule has 1 unspecified atom stereocenters. The van der Waals surface area contributed by atoms with Gasteiger partial charge < -0.3 is 14.8 Å². The topological polar surface area (TPSA) is 56.4 Å². The van der Waals surface area contributed by atoms with Gasteiger partial charge in [-0.1, -0.05) is 55.2 Å². The molecule has 5 nitrogen and oxygen atoms in total. The molecule has 0 radical (unpaired) electrons. The predicted molar refractivity (Wildman–Crippen MR) is 123 cm³/mol. The van der Waals surface area contributed by atoms with Crippen LogP contribution in [-0.4, -0.2) is 41.5 Å². The first-order chi connectivity index (χ1) is 14.3. The third-order valence-electron chi connectivity index (χ3n) is 5.69. The molecule has 4 rings (SSSR count). The zero-order valence-electron chi connectivity index (χ0n) is 16.9. The van der Waals surface area contributed by atoms with Gasteiger partial charge in [0.1, 0.15) is 0 Å². The van der Waals surface area contributed by atoms with Crippen molar-refractivity contribution in [3.05, 3.63) is 74.5 Å². The van der Waals surface area contributed by atoms with Crippen LogP contribution in [0.1, 0.15) is 24.2 Å². The summed E-state index contributed by atoms with van der Waals surface area (Å²) in [6, 6.07) is 14.6. The van der Waals surface area contributed by atoms with E-state index in [1.54, 1.807) is 6.07 Å². The molecule has 1 saturated heterocycles. The Morgan fingerprint density at radius 2 is 1.83 bits per heavy atom. The van der Waals surface area contributed by atoms with Gasteiger partial charge in [-0.2, -0.15) is 0 Å². The number of hydrogen-bond acceptors (Lipinski definition) is 3. The van der Waals surface area contributed by atoms with Crippen molar-refractivity contribution in [1.29, 1.82) is 0 Å². The third-order valence-corrected chi connectivity index (χ3v) is 6.43. The monoisotopic (exact) mass is 443 g/mol. The van der Waals surface area contributed by atoms with Crippen molar-refractivity contribution >= 4 is 45.7 Å². The number of benzene rings is 2. The number of aromatic nitrogens is 1. The molecule has 1 fully saturated rings. The normalized spacial score (nSPS) is 17.0. The van der Waals surface area contributed by atoms with Gasteiger partial charge in [-0.3, -0.25) is 9.59 Å². The fourth-order valence-corrected chi connectivity index (χ4v) is 4.39. The smallest absolute Gasteiger partial charge is 0.254 e. The number of hydrogen-bond donors (Lipinski definition) is 1. The van der Waals surface area contributed by atoms with E-state index < -0.39 is 0 Å². The summed E-state index contributed by atoms with van der Waals surface area (Å²) in [5, 5.41) is 1.80. The van der Waals surface area contributed by atoms with Crippen molar-refractivity contribution in [2.24, 2.45) is 5.92 Å². The minimum atomic E-state index is -0.271. The molecule has 156 valence electrons. The van der Waals surface area contributed by atoms with Crippen LogP contribution in [0.25, 0.3) is 10.9 Å². The fourth-order valence-electron chi connectivity index (χ4n) is 4.10.